The number of nitrogens with one attached hydrogen (secondary N) is 1. The highest BCUT2D eigenvalue weighted by Crippen LogP contribution is 2.25. The molecule has 3 aromatic rings. The number of aryl methyl sites for hydroxylation is 2. The highest BCUT2D eigenvalue weighted by Gasteiger charge is 2.15. The molecule has 1 aliphatic rings. The van der Waals surface area contributed by atoms with Gasteiger partial charge in [-0.15, -0.1) is 11.3 Å². The van der Waals surface area contributed by atoms with Crippen molar-refractivity contribution < 1.29 is 4.79 Å². The van der Waals surface area contributed by atoms with Gasteiger partial charge in [-0.1, -0.05) is 18.2 Å². The molecule has 0 bridgehead atoms. The third kappa shape index (κ3) is 2.85. The number of hydrogen-bond acceptors (Lipinski definition) is 4. The van der Waals surface area contributed by atoms with Gasteiger partial charge in [0, 0.05) is 17.3 Å². The molecule has 4 rings (SSSR count). The fraction of sp³-hybridized carbons (Fsp3) is 0.278. The standard InChI is InChI=1S/C18H17N3O2S/c22-17-11-12-5-3-6-14(12)20-21(17)9-8-19-18(23)16-10-13-4-1-2-7-15(13)24-16/h1-2,4,7,10-11H,3,5-6,8-9H2,(H,19,23). The zero-order valence-electron chi connectivity index (χ0n) is 13.1. The van der Waals surface area contributed by atoms with Crippen LogP contribution in [0.5, 0.6) is 0 Å². The zero-order valence-corrected chi connectivity index (χ0v) is 13.9. The summed E-state index contributed by atoms with van der Waals surface area (Å²) in [6.07, 6.45) is 2.94. The number of carbonyl (C=O) groups is 1. The average molecular weight is 339 g/mol. The van der Waals surface area contributed by atoms with E-state index in [4.69, 9.17) is 0 Å². The summed E-state index contributed by atoms with van der Waals surface area (Å²) in [6, 6.07) is 11.5. The lowest BCUT2D eigenvalue weighted by atomic mass is 10.2. The lowest BCUT2D eigenvalue weighted by Crippen LogP contribution is -2.32. The largest absolute Gasteiger partial charge is 0.349 e. The van der Waals surface area contributed by atoms with E-state index in [0.29, 0.717) is 18.0 Å². The third-order valence-electron chi connectivity index (χ3n) is 4.28. The van der Waals surface area contributed by atoms with Crippen molar-refractivity contribution in [3.8, 4) is 0 Å². The number of benzene rings is 1. The van der Waals surface area contributed by atoms with E-state index >= 15 is 0 Å². The smallest absolute Gasteiger partial charge is 0.267 e. The summed E-state index contributed by atoms with van der Waals surface area (Å²) < 4.78 is 2.55. The summed E-state index contributed by atoms with van der Waals surface area (Å²) in [7, 11) is 0. The minimum absolute atomic E-state index is 0.0910. The maximum absolute atomic E-state index is 12.3. The van der Waals surface area contributed by atoms with Crippen molar-refractivity contribution in [1.82, 2.24) is 15.1 Å². The van der Waals surface area contributed by atoms with Crippen LogP contribution >= 0.6 is 11.3 Å². The number of amides is 1. The molecule has 1 aliphatic carbocycles. The number of nitrogens with zero attached hydrogens (tertiary/aromatic N) is 2. The molecule has 1 amide bonds. The van der Waals surface area contributed by atoms with Gasteiger partial charge in [-0.3, -0.25) is 9.59 Å². The van der Waals surface area contributed by atoms with E-state index in [1.807, 2.05) is 30.3 Å². The molecule has 1 aromatic carbocycles. The Kier molecular flexibility index (Phi) is 3.90. The van der Waals surface area contributed by atoms with Gasteiger partial charge in [-0.05, 0) is 42.3 Å². The Morgan fingerprint density at radius 2 is 2.12 bits per heavy atom. The molecule has 2 heterocycles. The number of carbonyl (C=O) groups excluding carboxylic acids is 1. The van der Waals surface area contributed by atoms with Crippen LogP contribution in [0.25, 0.3) is 10.1 Å². The van der Waals surface area contributed by atoms with Crippen molar-refractivity contribution in [2.24, 2.45) is 0 Å². The monoisotopic (exact) mass is 339 g/mol. The Bertz CT molecular complexity index is 941. The van der Waals surface area contributed by atoms with Crippen LogP contribution < -0.4 is 10.9 Å². The zero-order chi connectivity index (χ0) is 16.5. The Labute approximate surface area is 142 Å². The molecular formula is C18H17N3O2S. The van der Waals surface area contributed by atoms with Crippen molar-refractivity contribution in [1.29, 1.82) is 0 Å². The molecule has 0 fully saturated rings. The van der Waals surface area contributed by atoms with E-state index in [0.717, 1.165) is 40.6 Å². The normalized spacial score (nSPS) is 13.2. The summed E-state index contributed by atoms with van der Waals surface area (Å²) in [5, 5.41) is 8.36. The summed E-state index contributed by atoms with van der Waals surface area (Å²) in [6.45, 7) is 0.779. The van der Waals surface area contributed by atoms with Crippen LogP contribution in [0.3, 0.4) is 0 Å². The molecule has 122 valence electrons. The molecule has 0 spiro atoms. The molecule has 0 atom stereocenters. The van der Waals surface area contributed by atoms with Crippen LogP contribution in [-0.4, -0.2) is 22.2 Å². The van der Waals surface area contributed by atoms with Gasteiger partial charge in [0.1, 0.15) is 0 Å². The predicted octanol–water partition coefficient (Wildman–Crippen LogP) is 2.38. The van der Waals surface area contributed by atoms with Gasteiger partial charge in [0.05, 0.1) is 17.1 Å². The molecule has 1 N–H and O–H groups in total. The highest BCUT2D eigenvalue weighted by atomic mass is 32.1. The first-order chi connectivity index (χ1) is 11.7. The van der Waals surface area contributed by atoms with Gasteiger partial charge in [-0.25, -0.2) is 4.68 Å². The van der Waals surface area contributed by atoms with Crippen LogP contribution in [0.15, 0.2) is 41.2 Å². The first-order valence-corrected chi connectivity index (χ1v) is 8.89. The van der Waals surface area contributed by atoms with Crippen LogP contribution in [0.1, 0.15) is 27.3 Å². The molecule has 0 radical (unpaired) electrons. The van der Waals surface area contributed by atoms with Crippen LogP contribution in [0, 0.1) is 0 Å². The second-order valence-corrected chi connectivity index (χ2v) is 7.02. The average Bonchev–Trinajstić information content (AvgIpc) is 3.20. The second-order valence-electron chi connectivity index (χ2n) is 5.94. The van der Waals surface area contributed by atoms with E-state index < -0.39 is 0 Å². The first kappa shape index (κ1) is 15.1. The van der Waals surface area contributed by atoms with Crippen molar-refractivity contribution >= 4 is 27.3 Å². The maximum atomic E-state index is 12.3. The summed E-state index contributed by atoms with van der Waals surface area (Å²) in [5.74, 6) is -0.106. The molecule has 0 saturated carbocycles. The topological polar surface area (TPSA) is 64.0 Å². The molecule has 5 nitrogen and oxygen atoms in total. The molecule has 24 heavy (non-hydrogen) atoms. The van der Waals surface area contributed by atoms with E-state index in [1.54, 1.807) is 6.07 Å². The SMILES string of the molecule is O=C(NCCn1nc2c(cc1=O)CCC2)c1cc2ccccc2s1. The van der Waals surface area contributed by atoms with Gasteiger partial charge < -0.3 is 5.32 Å². The van der Waals surface area contributed by atoms with E-state index in [9.17, 15) is 9.59 Å². The highest BCUT2D eigenvalue weighted by molar-refractivity contribution is 7.20. The number of hydrogen-bond donors (Lipinski definition) is 1. The van der Waals surface area contributed by atoms with Gasteiger partial charge >= 0.3 is 0 Å². The van der Waals surface area contributed by atoms with Crippen molar-refractivity contribution in [3.05, 3.63) is 62.9 Å². The second kappa shape index (κ2) is 6.20. The number of thiophene rings is 1. The van der Waals surface area contributed by atoms with Crippen molar-refractivity contribution in [2.75, 3.05) is 6.54 Å². The van der Waals surface area contributed by atoms with Gasteiger partial charge in [0.15, 0.2) is 0 Å². The molecule has 0 unspecified atom stereocenters. The van der Waals surface area contributed by atoms with Gasteiger partial charge in [0.25, 0.3) is 11.5 Å². The summed E-state index contributed by atoms with van der Waals surface area (Å²) >= 11 is 1.47. The Balaban J connectivity index is 1.42. The molecule has 2 aromatic heterocycles. The lowest BCUT2D eigenvalue weighted by Gasteiger charge is -2.07. The van der Waals surface area contributed by atoms with Crippen LogP contribution in [0.2, 0.25) is 0 Å². The summed E-state index contributed by atoms with van der Waals surface area (Å²) in [4.78, 5) is 25.0. The third-order valence-corrected chi connectivity index (χ3v) is 5.40. The maximum Gasteiger partial charge on any atom is 0.267 e. The van der Waals surface area contributed by atoms with Crippen LogP contribution in [-0.2, 0) is 19.4 Å². The fourth-order valence-corrected chi connectivity index (χ4v) is 4.03. The Morgan fingerprint density at radius 3 is 3.00 bits per heavy atom. The minimum Gasteiger partial charge on any atom is -0.349 e. The summed E-state index contributed by atoms with van der Waals surface area (Å²) in [5.41, 5.74) is 2.00. The van der Waals surface area contributed by atoms with Crippen LogP contribution in [0.4, 0.5) is 0 Å². The minimum atomic E-state index is -0.106. The van der Waals surface area contributed by atoms with Crippen molar-refractivity contribution in [2.45, 2.75) is 25.8 Å². The van der Waals surface area contributed by atoms with Gasteiger partial charge in [-0.2, -0.15) is 5.10 Å². The molecular weight excluding hydrogens is 322 g/mol. The van der Waals surface area contributed by atoms with Gasteiger partial charge in [0.2, 0.25) is 0 Å². The first-order valence-electron chi connectivity index (χ1n) is 8.07. The van der Waals surface area contributed by atoms with E-state index in [1.165, 1.54) is 16.0 Å². The molecule has 6 heteroatoms. The van der Waals surface area contributed by atoms with E-state index in [-0.39, 0.29) is 11.5 Å². The lowest BCUT2D eigenvalue weighted by molar-refractivity contribution is 0.0956. The molecule has 0 saturated heterocycles. The van der Waals surface area contributed by atoms with Crippen molar-refractivity contribution in [3.63, 3.8) is 0 Å². The van der Waals surface area contributed by atoms with E-state index in [2.05, 4.69) is 10.4 Å². The Morgan fingerprint density at radius 1 is 1.25 bits per heavy atom. The predicted molar refractivity (Wildman–Crippen MR) is 94.7 cm³/mol. The quantitative estimate of drug-likeness (QED) is 0.794. The fourth-order valence-electron chi connectivity index (χ4n) is 3.06. The number of rotatable bonds is 4. The number of fused-ring (bicyclic) bond motifs is 2. The Hall–Kier alpha value is -2.47. The molecule has 0 aliphatic heterocycles. The number of aromatic nitrogens is 2.